The van der Waals surface area contributed by atoms with Crippen molar-refractivity contribution < 1.29 is 19.0 Å². The summed E-state index contributed by atoms with van der Waals surface area (Å²) in [6.45, 7) is 0. The van der Waals surface area contributed by atoms with E-state index >= 15 is 0 Å². The summed E-state index contributed by atoms with van der Waals surface area (Å²) in [5.74, 6) is 1.58. The maximum Gasteiger partial charge on any atom is 0.257 e. The van der Waals surface area contributed by atoms with E-state index in [9.17, 15) is 4.79 Å². The van der Waals surface area contributed by atoms with Gasteiger partial charge in [0.1, 0.15) is 6.17 Å². The average Bonchev–Trinajstić information content (AvgIpc) is 2.63. The number of rotatable bonds is 4. The molecule has 1 amide bonds. The van der Waals surface area contributed by atoms with E-state index in [2.05, 4.69) is 5.32 Å². The highest BCUT2D eigenvalue weighted by molar-refractivity contribution is 6.01. The van der Waals surface area contributed by atoms with E-state index in [1.807, 2.05) is 36.4 Å². The first kappa shape index (κ1) is 16.0. The van der Waals surface area contributed by atoms with Gasteiger partial charge in [-0.05, 0) is 24.3 Å². The van der Waals surface area contributed by atoms with Crippen molar-refractivity contribution in [1.29, 1.82) is 0 Å². The molecule has 0 aliphatic carbocycles. The van der Waals surface area contributed by atoms with E-state index in [1.165, 1.54) is 0 Å². The normalized spacial score (nSPS) is 16.2. The smallest absolute Gasteiger partial charge is 0.257 e. The van der Waals surface area contributed by atoms with Crippen LogP contribution in [0.25, 0.3) is 0 Å². The lowest BCUT2D eigenvalue weighted by Crippen LogP contribution is -2.40. The van der Waals surface area contributed by atoms with Crippen LogP contribution < -0.4 is 19.5 Å². The molecule has 0 spiro atoms. The van der Waals surface area contributed by atoms with Crippen molar-refractivity contribution in [2.45, 2.75) is 6.17 Å². The standard InChI is InChI=1S/C18H20N2O4/c1-20-17(19-13-8-6-5-7-12(13)18(20)21)11-9-14(22-2)16(24-4)15(10-11)23-3/h5-10,17,19H,1-4H3/t17-/m0/s1. The molecule has 0 unspecified atom stereocenters. The zero-order valence-corrected chi connectivity index (χ0v) is 14.1. The summed E-state index contributed by atoms with van der Waals surface area (Å²) in [4.78, 5) is 14.3. The van der Waals surface area contributed by atoms with Crippen molar-refractivity contribution in [3.8, 4) is 17.2 Å². The molecular weight excluding hydrogens is 308 g/mol. The summed E-state index contributed by atoms with van der Waals surface area (Å²) in [7, 11) is 6.46. The quantitative estimate of drug-likeness (QED) is 0.935. The summed E-state index contributed by atoms with van der Waals surface area (Å²) in [5.41, 5.74) is 2.30. The van der Waals surface area contributed by atoms with Crippen LogP contribution >= 0.6 is 0 Å². The third-order valence-electron chi connectivity index (χ3n) is 4.16. The molecule has 2 aromatic carbocycles. The molecule has 1 N–H and O–H groups in total. The van der Waals surface area contributed by atoms with Crippen LogP contribution in [0.5, 0.6) is 17.2 Å². The van der Waals surface area contributed by atoms with Gasteiger partial charge in [-0.3, -0.25) is 4.79 Å². The lowest BCUT2D eigenvalue weighted by atomic mass is 10.0. The van der Waals surface area contributed by atoms with Gasteiger partial charge in [0.15, 0.2) is 11.5 Å². The van der Waals surface area contributed by atoms with Gasteiger partial charge in [-0.1, -0.05) is 12.1 Å². The Balaban J connectivity index is 2.08. The number of carbonyl (C=O) groups excluding carboxylic acids is 1. The predicted octanol–water partition coefficient (Wildman–Crippen LogP) is 2.91. The Morgan fingerprint density at radius 3 is 2.21 bits per heavy atom. The van der Waals surface area contributed by atoms with Crippen molar-refractivity contribution in [1.82, 2.24) is 4.90 Å². The molecule has 6 nitrogen and oxygen atoms in total. The fraction of sp³-hybridized carbons (Fsp3) is 0.278. The van der Waals surface area contributed by atoms with Gasteiger partial charge in [-0.15, -0.1) is 0 Å². The lowest BCUT2D eigenvalue weighted by molar-refractivity contribution is 0.0735. The second-order valence-corrected chi connectivity index (χ2v) is 5.47. The highest BCUT2D eigenvalue weighted by atomic mass is 16.5. The van der Waals surface area contributed by atoms with Crippen LogP contribution in [0, 0.1) is 0 Å². The Hall–Kier alpha value is -2.89. The molecular formula is C18H20N2O4. The number of hydrogen-bond donors (Lipinski definition) is 1. The summed E-state index contributed by atoms with van der Waals surface area (Å²) in [6, 6.07) is 11.1. The second-order valence-electron chi connectivity index (χ2n) is 5.47. The van der Waals surface area contributed by atoms with Crippen LogP contribution in [0.2, 0.25) is 0 Å². The zero-order valence-electron chi connectivity index (χ0n) is 14.1. The number of nitrogens with one attached hydrogen (secondary N) is 1. The topological polar surface area (TPSA) is 60.0 Å². The maximum atomic E-state index is 12.6. The Kier molecular flexibility index (Phi) is 4.20. The third-order valence-corrected chi connectivity index (χ3v) is 4.16. The van der Waals surface area contributed by atoms with Crippen molar-refractivity contribution in [2.75, 3.05) is 33.7 Å². The number of nitrogens with zero attached hydrogens (tertiary/aromatic N) is 1. The number of carbonyl (C=O) groups is 1. The Morgan fingerprint density at radius 1 is 1.00 bits per heavy atom. The molecule has 1 aliphatic heterocycles. The minimum absolute atomic E-state index is 0.0388. The van der Waals surface area contributed by atoms with E-state index in [4.69, 9.17) is 14.2 Å². The highest BCUT2D eigenvalue weighted by Gasteiger charge is 2.31. The maximum absolute atomic E-state index is 12.6. The Bertz CT molecular complexity index is 750. The number of ether oxygens (including phenoxy) is 3. The number of para-hydroxylation sites is 1. The largest absolute Gasteiger partial charge is 0.493 e. The van der Waals surface area contributed by atoms with Gasteiger partial charge in [-0.2, -0.15) is 0 Å². The third kappa shape index (κ3) is 2.50. The van der Waals surface area contributed by atoms with Crippen molar-refractivity contribution in [3.63, 3.8) is 0 Å². The summed E-state index contributed by atoms with van der Waals surface area (Å²) in [5, 5.41) is 3.39. The van der Waals surface area contributed by atoms with E-state index in [-0.39, 0.29) is 12.1 Å². The van der Waals surface area contributed by atoms with Gasteiger partial charge in [0.2, 0.25) is 5.75 Å². The first-order valence-electron chi connectivity index (χ1n) is 7.53. The first-order valence-corrected chi connectivity index (χ1v) is 7.53. The van der Waals surface area contributed by atoms with Gasteiger partial charge in [0.05, 0.1) is 26.9 Å². The highest BCUT2D eigenvalue weighted by Crippen LogP contribution is 2.42. The minimum Gasteiger partial charge on any atom is -0.493 e. The molecule has 0 fully saturated rings. The van der Waals surface area contributed by atoms with Gasteiger partial charge in [0, 0.05) is 18.3 Å². The van der Waals surface area contributed by atoms with Crippen LogP contribution in [0.15, 0.2) is 36.4 Å². The zero-order chi connectivity index (χ0) is 17.3. The molecule has 1 atom stereocenters. The molecule has 0 bridgehead atoms. The predicted molar refractivity (Wildman–Crippen MR) is 91.0 cm³/mol. The van der Waals surface area contributed by atoms with Gasteiger partial charge < -0.3 is 24.4 Å². The van der Waals surface area contributed by atoms with Crippen LogP contribution in [0.4, 0.5) is 5.69 Å². The lowest BCUT2D eigenvalue weighted by Gasteiger charge is -2.35. The minimum atomic E-state index is -0.332. The Labute approximate surface area is 140 Å². The number of benzene rings is 2. The molecule has 1 aliphatic rings. The number of fused-ring (bicyclic) bond motifs is 1. The summed E-state index contributed by atoms with van der Waals surface area (Å²) >= 11 is 0. The van der Waals surface area contributed by atoms with E-state index < -0.39 is 0 Å². The summed E-state index contributed by atoms with van der Waals surface area (Å²) in [6.07, 6.45) is -0.332. The van der Waals surface area contributed by atoms with Crippen LogP contribution in [-0.4, -0.2) is 39.2 Å². The number of anilines is 1. The van der Waals surface area contributed by atoms with Crippen LogP contribution in [-0.2, 0) is 0 Å². The Morgan fingerprint density at radius 2 is 1.62 bits per heavy atom. The van der Waals surface area contributed by atoms with E-state index in [1.54, 1.807) is 33.3 Å². The number of hydrogen-bond acceptors (Lipinski definition) is 5. The number of amides is 1. The van der Waals surface area contributed by atoms with Crippen molar-refractivity contribution in [2.24, 2.45) is 0 Å². The molecule has 0 saturated heterocycles. The number of methoxy groups -OCH3 is 3. The fourth-order valence-electron chi connectivity index (χ4n) is 2.91. The van der Waals surface area contributed by atoms with Gasteiger partial charge >= 0.3 is 0 Å². The molecule has 0 saturated carbocycles. The fourth-order valence-corrected chi connectivity index (χ4v) is 2.91. The molecule has 1 heterocycles. The van der Waals surface area contributed by atoms with Gasteiger partial charge in [-0.25, -0.2) is 0 Å². The molecule has 0 aromatic heterocycles. The molecule has 2 aromatic rings. The van der Waals surface area contributed by atoms with E-state index in [0.717, 1.165) is 11.3 Å². The van der Waals surface area contributed by atoms with Crippen LogP contribution in [0.3, 0.4) is 0 Å². The molecule has 24 heavy (non-hydrogen) atoms. The molecule has 3 rings (SSSR count). The molecule has 6 heteroatoms. The van der Waals surface area contributed by atoms with Crippen molar-refractivity contribution in [3.05, 3.63) is 47.5 Å². The molecule has 126 valence electrons. The first-order chi connectivity index (χ1) is 11.6. The monoisotopic (exact) mass is 328 g/mol. The SMILES string of the molecule is COc1cc([C@H]2Nc3ccccc3C(=O)N2C)cc(OC)c1OC. The van der Waals surface area contributed by atoms with E-state index in [0.29, 0.717) is 22.8 Å². The van der Waals surface area contributed by atoms with Gasteiger partial charge in [0.25, 0.3) is 5.91 Å². The second kappa shape index (κ2) is 6.31. The van der Waals surface area contributed by atoms with Crippen LogP contribution in [0.1, 0.15) is 22.1 Å². The van der Waals surface area contributed by atoms with Crippen molar-refractivity contribution >= 4 is 11.6 Å². The summed E-state index contributed by atoms with van der Waals surface area (Å²) < 4.78 is 16.2. The average molecular weight is 328 g/mol. The molecule has 0 radical (unpaired) electrons.